The summed E-state index contributed by atoms with van der Waals surface area (Å²) >= 11 is 3.32. The Balaban J connectivity index is 1.73. The quantitative estimate of drug-likeness (QED) is 0.318. The van der Waals surface area contributed by atoms with Gasteiger partial charge in [-0.2, -0.15) is 9.41 Å². The zero-order valence-electron chi connectivity index (χ0n) is 19.4. The Labute approximate surface area is 209 Å². The van der Waals surface area contributed by atoms with E-state index in [1.54, 1.807) is 12.1 Å². The summed E-state index contributed by atoms with van der Waals surface area (Å²) in [5.74, 6) is -0.529. The second-order valence-electron chi connectivity index (χ2n) is 8.88. The summed E-state index contributed by atoms with van der Waals surface area (Å²) < 4.78 is 28.5. The van der Waals surface area contributed by atoms with Gasteiger partial charge in [-0.3, -0.25) is 4.79 Å². The fourth-order valence-electron chi connectivity index (χ4n) is 3.21. The molecule has 0 aliphatic heterocycles. The molecule has 0 saturated heterocycles. The maximum absolute atomic E-state index is 13.3. The van der Waals surface area contributed by atoms with Crippen molar-refractivity contribution in [2.75, 3.05) is 6.54 Å². The lowest BCUT2D eigenvalue weighted by Gasteiger charge is -2.21. The molecule has 3 rings (SSSR count). The molecule has 3 aromatic carbocycles. The third-order valence-electron chi connectivity index (χ3n) is 5.15. The normalized spacial score (nSPS) is 12.3. The van der Waals surface area contributed by atoms with Crippen molar-refractivity contribution in [3.05, 3.63) is 100 Å². The molecule has 34 heavy (non-hydrogen) atoms. The number of sulfonamides is 1. The molecular weight excluding hydrogens is 514 g/mol. The molecule has 8 heteroatoms. The Morgan fingerprint density at radius 3 is 2.18 bits per heavy atom. The van der Waals surface area contributed by atoms with Crippen molar-refractivity contribution in [2.24, 2.45) is 5.10 Å². The number of hydrogen-bond acceptors (Lipinski definition) is 4. The van der Waals surface area contributed by atoms with Crippen LogP contribution in [-0.4, -0.2) is 31.4 Å². The molecule has 0 spiro atoms. The van der Waals surface area contributed by atoms with Gasteiger partial charge in [0.15, 0.2) is 0 Å². The monoisotopic (exact) mass is 541 g/mol. The molecule has 0 aromatic heterocycles. The van der Waals surface area contributed by atoms with Crippen molar-refractivity contribution in [3.8, 4) is 0 Å². The first kappa shape index (κ1) is 25.8. The molecule has 0 atom stereocenters. The molecule has 0 aliphatic carbocycles. The molecule has 1 N–H and O–H groups in total. The van der Waals surface area contributed by atoms with Gasteiger partial charge in [0.25, 0.3) is 5.91 Å². The minimum atomic E-state index is -3.91. The van der Waals surface area contributed by atoms with E-state index in [-0.39, 0.29) is 23.4 Å². The molecule has 0 heterocycles. The highest BCUT2D eigenvalue weighted by atomic mass is 79.9. The number of nitrogens with one attached hydrogen (secondary N) is 1. The van der Waals surface area contributed by atoms with Crippen LogP contribution in [0.25, 0.3) is 0 Å². The Morgan fingerprint density at radius 2 is 1.59 bits per heavy atom. The predicted octanol–water partition coefficient (Wildman–Crippen LogP) is 5.09. The SMILES string of the molecule is CC(C)(C)c1ccc(/C=N/NC(=O)CN(Cc2ccccc2)S(=O)(=O)c2ccc(Br)cc2)cc1. The van der Waals surface area contributed by atoms with E-state index in [0.29, 0.717) is 0 Å². The van der Waals surface area contributed by atoms with Crippen molar-refractivity contribution in [1.29, 1.82) is 0 Å². The molecule has 178 valence electrons. The summed E-state index contributed by atoms with van der Waals surface area (Å²) in [6.07, 6.45) is 1.54. The van der Waals surface area contributed by atoms with Crippen LogP contribution in [-0.2, 0) is 26.8 Å². The maximum atomic E-state index is 13.3. The van der Waals surface area contributed by atoms with Crippen LogP contribution in [0, 0.1) is 0 Å². The Hall–Kier alpha value is -2.81. The summed E-state index contributed by atoms with van der Waals surface area (Å²) in [6, 6.07) is 23.4. The third-order valence-corrected chi connectivity index (χ3v) is 7.49. The second-order valence-corrected chi connectivity index (χ2v) is 11.7. The fraction of sp³-hybridized carbons (Fsp3) is 0.231. The van der Waals surface area contributed by atoms with E-state index >= 15 is 0 Å². The first-order valence-electron chi connectivity index (χ1n) is 10.8. The smallest absolute Gasteiger partial charge is 0.255 e. The number of nitrogens with zero attached hydrogens (tertiary/aromatic N) is 2. The van der Waals surface area contributed by atoms with E-state index < -0.39 is 15.9 Å². The van der Waals surface area contributed by atoms with E-state index in [2.05, 4.69) is 47.2 Å². The lowest BCUT2D eigenvalue weighted by Crippen LogP contribution is -2.39. The molecule has 1 amide bonds. The predicted molar refractivity (Wildman–Crippen MR) is 139 cm³/mol. The van der Waals surface area contributed by atoms with Crippen LogP contribution in [0.3, 0.4) is 0 Å². The summed E-state index contributed by atoms with van der Waals surface area (Å²) in [4.78, 5) is 12.7. The molecule has 0 radical (unpaired) electrons. The minimum absolute atomic E-state index is 0.0480. The van der Waals surface area contributed by atoms with Crippen LogP contribution in [0.5, 0.6) is 0 Å². The number of benzene rings is 3. The molecule has 6 nitrogen and oxygen atoms in total. The summed E-state index contributed by atoms with van der Waals surface area (Å²) in [6.45, 7) is 6.11. The summed E-state index contributed by atoms with van der Waals surface area (Å²) in [5, 5.41) is 4.01. The van der Waals surface area contributed by atoms with Gasteiger partial charge in [0.1, 0.15) is 0 Å². The highest BCUT2D eigenvalue weighted by Gasteiger charge is 2.27. The number of rotatable bonds is 8. The summed E-state index contributed by atoms with van der Waals surface area (Å²) in [5.41, 5.74) is 5.29. The molecular formula is C26H28BrN3O3S. The molecule has 3 aromatic rings. The van der Waals surface area contributed by atoms with E-state index in [1.807, 2.05) is 54.6 Å². The Morgan fingerprint density at radius 1 is 0.971 bits per heavy atom. The molecule has 0 bridgehead atoms. The average Bonchev–Trinajstić information content (AvgIpc) is 2.79. The minimum Gasteiger partial charge on any atom is -0.272 e. The number of amides is 1. The van der Waals surface area contributed by atoms with Crippen molar-refractivity contribution >= 4 is 38.1 Å². The third kappa shape index (κ3) is 7.09. The standard InChI is InChI=1S/C26H28BrN3O3S/c1-26(2,3)22-11-9-20(10-12-22)17-28-29-25(31)19-30(18-21-7-5-4-6-8-21)34(32,33)24-15-13-23(27)14-16-24/h4-17H,18-19H2,1-3H3,(H,29,31)/b28-17+. The van der Waals surface area contributed by atoms with Crippen molar-refractivity contribution in [3.63, 3.8) is 0 Å². The van der Waals surface area contributed by atoms with Gasteiger partial charge in [0.2, 0.25) is 10.0 Å². The lowest BCUT2D eigenvalue weighted by molar-refractivity contribution is -0.121. The van der Waals surface area contributed by atoms with Crippen LogP contribution in [0.2, 0.25) is 0 Å². The van der Waals surface area contributed by atoms with Crippen molar-refractivity contribution in [2.45, 2.75) is 37.6 Å². The van der Waals surface area contributed by atoms with E-state index in [0.717, 1.165) is 19.9 Å². The first-order valence-corrected chi connectivity index (χ1v) is 13.0. The molecule has 0 aliphatic rings. The Kier molecular flexibility index (Phi) is 8.41. The maximum Gasteiger partial charge on any atom is 0.255 e. The van der Waals surface area contributed by atoms with Crippen LogP contribution < -0.4 is 5.43 Å². The van der Waals surface area contributed by atoms with Crippen LogP contribution in [0.15, 0.2) is 93.3 Å². The number of hydrazone groups is 1. The Bertz CT molecular complexity index is 1240. The van der Waals surface area contributed by atoms with Crippen molar-refractivity contribution < 1.29 is 13.2 Å². The number of hydrogen-bond donors (Lipinski definition) is 1. The van der Waals surface area contributed by atoms with Gasteiger partial charge in [0.05, 0.1) is 17.7 Å². The molecule has 0 unspecified atom stereocenters. The fourth-order valence-corrected chi connectivity index (χ4v) is 4.86. The van der Waals surface area contributed by atoms with Gasteiger partial charge in [-0.05, 0) is 46.4 Å². The molecule has 0 fully saturated rings. The van der Waals surface area contributed by atoms with Gasteiger partial charge < -0.3 is 0 Å². The molecule has 0 saturated carbocycles. The van der Waals surface area contributed by atoms with Crippen molar-refractivity contribution in [1.82, 2.24) is 9.73 Å². The lowest BCUT2D eigenvalue weighted by atomic mass is 9.87. The van der Waals surface area contributed by atoms with E-state index in [9.17, 15) is 13.2 Å². The zero-order chi connectivity index (χ0) is 24.8. The zero-order valence-corrected chi connectivity index (χ0v) is 21.8. The number of halogens is 1. The van der Waals surface area contributed by atoms with Gasteiger partial charge in [-0.1, -0.05) is 91.3 Å². The largest absolute Gasteiger partial charge is 0.272 e. The van der Waals surface area contributed by atoms with Gasteiger partial charge >= 0.3 is 0 Å². The van der Waals surface area contributed by atoms with Gasteiger partial charge in [-0.25, -0.2) is 13.8 Å². The number of carbonyl (C=O) groups excluding carboxylic acids is 1. The highest BCUT2D eigenvalue weighted by Crippen LogP contribution is 2.22. The van der Waals surface area contributed by atoms with Gasteiger partial charge in [0, 0.05) is 11.0 Å². The number of carbonyl (C=O) groups is 1. The topological polar surface area (TPSA) is 78.8 Å². The average molecular weight is 542 g/mol. The first-order chi connectivity index (χ1) is 16.1. The summed E-state index contributed by atoms with van der Waals surface area (Å²) in [7, 11) is -3.91. The highest BCUT2D eigenvalue weighted by molar-refractivity contribution is 9.10. The second kappa shape index (κ2) is 11.1. The van der Waals surface area contributed by atoms with E-state index in [4.69, 9.17) is 0 Å². The van der Waals surface area contributed by atoms with Crippen LogP contribution >= 0.6 is 15.9 Å². The van der Waals surface area contributed by atoms with Crippen LogP contribution in [0.1, 0.15) is 37.5 Å². The van der Waals surface area contributed by atoms with E-state index in [1.165, 1.54) is 23.9 Å². The van der Waals surface area contributed by atoms with Gasteiger partial charge in [-0.15, -0.1) is 0 Å². The van der Waals surface area contributed by atoms with Crippen LogP contribution in [0.4, 0.5) is 0 Å².